The van der Waals surface area contributed by atoms with Crippen molar-refractivity contribution in [3.63, 3.8) is 0 Å². The Kier molecular flexibility index (Phi) is 4.54. The van der Waals surface area contributed by atoms with Gasteiger partial charge in [-0.1, -0.05) is 18.1 Å². The molecule has 0 spiro atoms. The van der Waals surface area contributed by atoms with Gasteiger partial charge < -0.3 is 14.5 Å². The molecule has 0 unspecified atom stereocenters. The Morgan fingerprint density at radius 1 is 1.22 bits per heavy atom. The van der Waals surface area contributed by atoms with E-state index in [1.165, 1.54) is 0 Å². The molecule has 4 nitrogen and oxygen atoms in total. The number of nitrogens with zero attached hydrogens (tertiary/aromatic N) is 1. The standard InChI is InChI=1S/C18H15BrN2O2/c1-3-9-23-17-11-13(19)12(10-16(17)22-4-2)18-20-14-7-5-6-8-15(14)21-18/h1,5-8,10-11H,4,9H2,2H3,(H,20,21). The van der Waals surface area contributed by atoms with Crippen LogP contribution in [-0.2, 0) is 0 Å². The Labute approximate surface area is 143 Å². The number of fused-ring (bicyclic) bond motifs is 1. The third-order valence-electron chi connectivity index (χ3n) is 3.29. The van der Waals surface area contributed by atoms with E-state index < -0.39 is 0 Å². The zero-order valence-electron chi connectivity index (χ0n) is 12.6. The molecule has 1 heterocycles. The first kappa shape index (κ1) is 15.4. The highest BCUT2D eigenvalue weighted by molar-refractivity contribution is 9.10. The summed E-state index contributed by atoms with van der Waals surface area (Å²) in [6.07, 6.45) is 5.26. The summed E-state index contributed by atoms with van der Waals surface area (Å²) in [6, 6.07) is 11.7. The molecule has 0 saturated carbocycles. The quantitative estimate of drug-likeness (QED) is 0.676. The predicted octanol–water partition coefficient (Wildman–Crippen LogP) is 4.40. The third kappa shape index (κ3) is 3.17. The van der Waals surface area contributed by atoms with E-state index in [2.05, 4.69) is 31.8 Å². The average molecular weight is 371 g/mol. The van der Waals surface area contributed by atoms with Crippen LogP contribution in [0.15, 0.2) is 40.9 Å². The summed E-state index contributed by atoms with van der Waals surface area (Å²) in [5.74, 6) is 4.47. The number of para-hydroxylation sites is 2. The van der Waals surface area contributed by atoms with E-state index in [1.54, 1.807) is 0 Å². The Hall–Kier alpha value is -2.45. The Morgan fingerprint density at radius 3 is 2.74 bits per heavy atom. The van der Waals surface area contributed by atoms with Gasteiger partial charge >= 0.3 is 0 Å². The van der Waals surface area contributed by atoms with Crippen molar-refractivity contribution < 1.29 is 9.47 Å². The molecule has 0 amide bonds. The minimum absolute atomic E-state index is 0.191. The molecular weight excluding hydrogens is 356 g/mol. The average Bonchev–Trinajstić information content (AvgIpc) is 2.98. The maximum atomic E-state index is 5.67. The number of terminal acetylenes is 1. The molecule has 23 heavy (non-hydrogen) atoms. The lowest BCUT2D eigenvalue weighted by Crippen LogP contribution is -2.00. The number of ether oxygens (including phenoxy) is 2. The Bertz CT molecular complexity index is 847. The van der Waals surface area contributed by atoms with Crippen molar-refractivity contribution in [1.29, 1.82) is 0 Å². The van der Waals surface area contributed by atoms with Crippen molar-refractivity contribution in [2.75, 3.05) is 13.2 Å². The van der Waals surface area contributed by atoms with Gasteiger partial charge in [0.25, 0.3) is 0 Å². The van der Waals surface area contributed by atoms with Gasteiger partial charge in [-0.25, -0.2) is 4.98 Å². The fraction of sp³-hybridized carbons (Fsp3) is 0.167. The second kappa shape index (κ2) is 6.76. The van der Waals surface area contributed by atoms with Crippen LogP contribution in [0.3, 0.4) is 0 Å². The molecule has 0 fully saturated rings. The maximum Gasteiger partial charge on any atom is 0.163 e. The molecule has 1 aromatic heterocycles. The largest absolute Gasteiger partial charge is 0.490 e. The van der Waals surface area contributed by atoms with Crippen LogP contribution in [0.2, 0.25) is 0 Å². The number of H-pyrrole nitrogens is 1. The lowest BCUT2D eigenvalue weighted by Gasteiger charge is -2.13. The van der Waals surface area contributed by atoms with E-state index in [-0.39, 0.29) is 6.61 Å². The van der Waals surface area contributed by atoms with Gasteiger partial charge in [0.2, 0.25) is 0 Å². The van der Waals surface area contributed by atoms with Gasteiger partial charge in [-0.2, -0.15) is 0 Å². The lowest BCUT2D eigenvalue weighted by molar-refractivity contribution is 0.299. The molecule has 3 aromatic rings. The van der Waals surface area contributed by atoms with Gasteiger partial charge in [-0.15, -0.1) is 6.42 Å². The highest BCUT2D eigenvalue weighted by Crippen LogP contribution is 2.38. The van der Waals surface area contributed by atoms with Crippen molar-refractivity contribution in [1.82, 2.24) is 9.97 Å². The molecule has 0 atom stereocenters. The zero-order chi connectivity index (χ0) is 16.2. The van der Waals surface area contributed by atoms with Crippen LogP contribution < -0.4 is 9.47 Å². The summed E-state index contributed by atoms with van der Waals surface area (Å²) in [7, 11) is 0. The predicted molar refractivity (Wildman–Crippen MR) is 94.7 cm³/mol. The van der Waals surface area contributed by atoms with Crippen LogP contribution in [0.1, 0.15) is 6.92 Å². The second-order valence-corrected chi connectivity index (χ2v) is 5.66. The molecule has 3 rings (SSSR count). The summed E-state index contributed by atoms with van der Waals surface area (Å²) >= 11 is 3.57. The smallest absolute Gasteiger partial charge is 0.163 e. The van der Waals surface area contributed by atoms with Crippen LogP contribution in [0, 0.1) is 12.3 Å². The molecule has 5 heteroatoms. The summed E-state index contributed by atoms with van der Waals surface area (Å²) < 4.78 is 12.1. The van der Waals surface area contributed by atoms with Crippen molar-refractivity contribution in [3.8, 4) is 35.2 Å². The first-order chi connectivity index (χ1) is 11.2. The molecule has 0 saturated heterocycles. The van der Waals surface area contributed by atoms with Gasteiger partial charge in [0, 0.05) is 10.0 Å². The number of hydrogen-bond acceptors (Lipinski definition) is 3. The molecule has 0 radical (unpaired) electrons. The van der Waals surface area contributed by atoms with Crippen LogP contribution in [0.4, 0.5) is 0 Å². The number of benzene rings is 2. The SMILES string of the molecule is C#CCOc1cc(Br)c(-c2nc3ccccc3[nH]2)cc1OCC. The molecular formula is C18H15BrN2O2. The van der Waals surface area contributed by atoms with Crippen molar-refractivity contribution >= 4 is 27.0 Å². The second-order valence-electron chi connectivity index (χ2n) is 4.81. The monoisotopic (exact) mass is 370 g/mol. The summed E-state index contributed by atoms with van der Waals surface area (Å²) in [4.78, 5) is 7.94. The van der Waals surface area contributed by atoms with Gasteiger partial charge in [0.05, 0.1) is 17.6 Å². The fourth-order valence-electron chi connectivity index (χ4n) is 2.30. The Balaban J connectivity index is 2.07. The minimum atomic E-state index is 0.191. The van der Waals surface area contributed by atoms with Crippen molar-refractivity contribution in [2.24, 2.45) is 0 Å². The fourth-order valence-corrected chi connectivity index (χ4v) is 2.81. The topological polar surface area (TPSA) is 47.1 Å². The summed E-state index contributed by atoms with van der Waals surface area (Å²) in [5, 5.41) is 0. The molecule has 0 aliphatic heterocycles. The van der Waals surface area contributed by atoms with E-state index in [9.17, 15) is 0 Å². The number of rotatable bonds is 5. The highest BCUT2D eigenvalue weighted by atomic mass is 79.9. The molecule has 0 aliphatic carbocycles. The molecule has 0 aliphatic rings. The minimum Gasteiger partial charge on any atom is -0.490 e. The van der Waals surface area contributed by atoms with Crippen LogP contribution in [0.25, 0.3) is 22.4 Å². The summed E-state index contributed by atoms with van der Waals surface area (Å²) in [6.45, 7) is 2.65. The van der Waals surface area contributed by atoms with E-state index >= 15 is 0 Å². The number of aromatic amines is 1. The molecule has 1 N–H and O–H groups in total. The normalized spacial score (nSPS) is 10.5. The molecule has 2 aromatic carbocycles. The van der Waals surface area contributed by atoms with Gasteiger partial charge in [0.15, 0.2) is 11.5 Å². The molecule has 0 bridgehead atoms. The van der Waals surface area contributed by atoms with Gasteiger partial charge in [-0.05, 0) is 47.1 Å². The van der Waals surface area contributed by atoms with Crippen molar-refractivity contribution in [2.45, 2.75) is 6.92 Å². The number of nitrogens with one attached hydrogen (secondary N) is 1. The zero-order valence-corrected chi connectivity index (χ0v) is 14.2. The maximum absolute atomic E-state index is 5.67. The van der Waals surface area contributed by atoms with E-state index in [4.69, 9.17) is 15.9 Å². The van der Waals surface area contributed by atoms with Gasteiger partial charge in [-0.3, -0.25) is 0 Å². The number of imidazole rings is 1. The summed E-state index contributed by atoms with van der Waals surface area (Å²) in [5.41, 5.74) is 2.80. The first-order valence-electron chi connectivity index (χ1n) is 7.20. The van der Waals surface area contributed by atoms with Crippen LogP contribution >= 0.6 is 15.9 Å². The lowest BCUT2D eigenvalue weighted by atomic mass is 10.2. The van der Waals surface area contributed by atoms with Crippen LogP contribution in [0.5, 0.6) is 11.5 Å². The highest BCUT2D eigenvalue weighted by Gasteiger charge is 2.15. The number of aromatic nitrogens is 2. The van der Waals surface area contributed by atoms with Crippen molar-refractivity contribution in [3.05, 3.63) is 40.9 Å². The van der Waals surface area contributed by atoms with E-state index in [0.29, 0.717) is 18.1 Å². The number of halogens is 1. The Morgan fingerprint density at radius 2 is 2.00 bits per heavy atom. The van der Waals surface area contributed by atoms with E-state index in [0.717, 1.165) is 26.9 Å². The van der Waals surface area contributed by atoms with E-state index in [1.807, 2.05) is 43.3 Å². The third-order valence-corrected chi connectivity index (χ3v) is 3.94. The molecule has 116 valence electrons. The van der Waals surface area contributed by atoms with Crippen LogP contribution in [-0.4, -0.2) is 23.2 Å². The number of hydrogen-bond donors (Lipinski definition) is 1. The first-order valence-corrected chi connectivity index (χ1v) is 8.00. The van der Waals surface area contributed by atoms with Gasteiger partial charge in [0.1, 0.15) is 12.4 Å².